The fourth-order valence-corrected chi connectivity index (χ4v) is 2.71. The van der Waals surface area contributed by atoms with Crippen LogP contribution in [-0.2, 0) is 0 Å². The second kappa shape index (κ2) is 5.61. The molecule has 23 heavy (non-hydrogen) atoms. The van der Waals surface area contributed by atoms with E-state index in [1.807, 2.05) is 49.6 Å². The van der Waals surface area contributed by atoms with Crippen LogP contribution < -0.4 is 0 Å². The van der Waals surface area contributed by atoms with E-state index in [9.17, 15) is 0 Å². The monoisotopic (exact) mass is 297 g/mol. The lowest BCUT2D eigenvalue weighted by molar-refractivity contribution is 1.20. The van der Waals surface area contributed by atoms with Gasteiger partial charge >= 0.3 is 0 Å². The molecule has 0 saturated carbocycles. The Morgan fingerprint density at radius 2 is 1.43 bits per heavy atom. The number of hydrogen-bond donors (Lipinski definition) is 0. The van der Waals surface area contributed by atoms with Crippen molar-refractivity contribution < 1.29 is 0 Å². The minimum Gasteiger partial charge on any atom is -0.261 e. The average Bonchev–Trinajstić information content (AvgIpc) is 2.62. The predicted molar refractivity (Wildman–Crippen MR) is 92.9 cm³/mol. The Bertz CT molecular complexity index is 975. The maximum Gasteiger partial charge on any atom is 0.0894 e. The molecule has 0 bridgehead atoms. The molecule has 2 heterocycles. The van der Waals surface area contributed by atoms with Gasteiger partial charge in [-0.15, -0.1) is 0 Å². The lowest BCUT2D eigenvalue weighted by Crippen LogP contribution is -1.89. The molecule has 110 valence electrons. The molecule has 0 amide bonds. The highest BCUT2D eigenvalue weighted by atomic mass is 14.8. The molecule has 0 aliphatic carbocycles. The summed E-state index contributed by atoms with van der Waals surface area (Å²) >= 11 is 0. The molecular formula is C20H15N3. The third-order valence-corrected chi connectivity index (χ3v) is 3.95. The second-order valence-corrected chi connectivity index (χ2v) is 5.46. The molecule has 4 aromatic rings. The van der Waals surface area contributed by atoms with E-state index in [0.29, 0.717) is 0 Å². The van der Waals surface area contributed by atoms with Crippen molar-refractivity contribution in [2.24, 2.45) is 0 Å². The van der Waals surface area contributed by atoms with Crippen LogP contribution in [-0.4, -0.2) is 15.0 Å². The number of hydrogen-bond acceptors (Lipinski definition) is 3. The van der Waals surface area contributed by atoms with Crippen LogP contribution in [0, 0.1) is 6.92 Å². The van der Waals surface area contributed by atoms with E-state index in [4.69, 9.17) is 4.98 Å². The normalized spacial score (nSPS) is 10.8. The van der Waals surface area contributed by atoms with Gasteiger partial charge in [0.25, 0.3) is 0 Å². The molecule has 4 rings (SSSR count). The van der Waals surface area contributed by atoms with E-state index < -0.39 is 0 Å². The van der Waals surface area contributed by atoms with Crippen LogP contribution >= 0.6 is 0 Å². The van der Waals surface area contributed by atoms with Crippen molar-refractivity contribution in [2.45, 2.75) is 6.92 Å². The first-order valence-electron chi connectivity index (χ1n) is 7.55. The Kier molecular flexibility index (Phi) is 3.31. The first kappa shape index (κ1) is 13.6. The molecule has 2 aromatic carbocycles. The van der Waals surface area contributed by atoms with E-state index in [1.54, 1.807) is 0 Å². The van der Waals surface area contributed by atoms with Gasteiger partial charge in [-0.3, -0.25) is 9.97 Å². The smallest absolute Gasteiger partial charge is 0.0894 e. The Hall–Kier alpha value is -3.07. The fourth-order valence-electron chi connectivity index (χ4n) is 2.71. The highest BCUT2D eigenvalue weighted by molar-refractivity contribution is 5.77. The lowest BCUT2D eigenvalue weighted by Gasteiger charge is -2.07. The summed E-state index contributed by atoms with van der Waals surface area (Å²) < 4.78 is 0. The Morgan fingerprint density at radius 1 is 0.696 bits per heavy atom. The maximum atomic E-state index is 4.69. The molecule has 3 nitrogen and oxygen atoms in total. The van der Waals surface area contributed by atoms with Gasteiger partial charge in [0.15, 0.2) is 0 Å². The minimum absolute atomic E-state index is 0.887. The number of aromatic nitrogens is 3. The van der Waals surface area contributed by atoms with E-state index in [2.05, 4.69) is 40.3 Å². The second-order valence-electron chi connectivity index (χ2n) is 5.46. The summed E-state index contributed by atoms with van der Waals surface area (Å²) in [7, 11) is 0. The zero-order chi connectivity index (χ0) is 15.6. The molecule has 0 radical (unpaired) electrons. The van der Waals surface area contributed by atoms with Crippen LogP contribution in [0.5, 0.6) is 0 Å². The number of benzene rings is 2. The number of rotatable bonds is 2. The van der Waals surface area contributed by atoms with Gasteiger partial charge < -0.3 is 0 Å². The average molecular weight is 297 g/mol. The molecule has 0 spiro atoms. The summed E-state index contributed by atoms with van der Waals surface area (Å²) in [5, 5.41) is 0. The van der Waals surface area contributed by atoms with Crippen LogP contribution in [0.25, 0.3) is 33.4 Å². The minimum atomic E-state index is 0.887. The SMILES string of the molecule is Cc1ncccc1-c1ccc(-c2cnc3ccccc3n2)cc1. The molecule has 0 fully saturated rings. The molecule has 0 aliphatic heterocycles. The van der Waals surface area contributed by atoms with Gasteiger partial charge in [0.2, 0.25) is 0 Å². The summed E-state index contributed by atoms with van der Waals surface area (Å²) in [4.78, 5) is 13.5. The highest BCUT2D eigenvalue weighted by Gasteiger charge is 2.05. The standard InChI is InChI=1S/C20H15N3/c1-14-17(5-4-12-21-14)15-8-10-16(11-9-15)20-13-22-18-6-2-3-7-19(18)23-20/h2-13H,1H3. The van der Waals surface area contributed by atoms with Gasteiger partial charge in [0.1, 0.15) is 0 Å². The van der Waals surface area contributed by atoms with Crippen molar-refractivity contribution in [3.63, 3.8) is 0 Å². The van der Waals surface area contributed by atoms with Crippen molar-refractivity contribution in [3.05, 3.63) is 78.8 Å². The van der Waals surface area contributed by atoms with Gasteiger partial charge in [-0.05, 0) is 30.7 Å². The van der Waals surface area contributed by atoms with Gasteiger partial charge in [0, 0.05) is 23.0 Å². The van der Waals surface area contributed by atoms with Gasteiger partial charge in [-0.2, -0.15) is 0 Å². The number of pyridine rings is 1. The van der Waals surface area contributed by atoms with Crippen LogP contribution in [0.1, 0.15) is 5.69 Å². The number of para-hydroxylation sites is 2. The number of aryl methyl sites for hydroxylation is 1. The van der Waals surface area contributed by atoms with Crippen molar-refractivity contribution >= 4 is 11.0 Å². The number of nitrogens with zero attached hydrogens (tertiary/aromatic N) is 3. The highest BCUT2D eigenvalue weighted by Crippen LogP contribution is 2.25. The van der Waals surface area contributed by atoms with E-state index >= 15 is 0 Å². The molecule has 0 N–H and O–H groups in total. The summed E-state index contributed by atoms with van der Waals surface area (Å²) in [6.07, 6.45) is 3.64. The number of fused-ring (bicyclic) bond motifs is 1. The van der Waals surface area contributed by atoms with Crippen LogP contribution in [0.3, 0.4) is 0 Å². The van der Waals surface area contributed by atoms with Gasteiger partial charge in [0.05, 0.1) is 22.9 Å². The van der Waals surface area contributed by atoms with Crippen LogP contribution in [0.15, 0.2) is 73.1 Å². The summed E-state index contributed by atoms with van der Waals surface area (Å²) in [6.45, 7) is 2.03. The van der Waals surface area contributed by atoms with E-state index in [1.165, 1.54) is 0 Å². The fraction of sp³-hybridized carbons (Fsp3) is 0.0500. The summed E-state index contributed by atoms with van der Waals surface area (Å²) in [6, 6.07) is 20.3. The van der Waals surface area contributed by atoms with Gasteiger partial charge in [-0.25, -0.2) is 4.98 Å². The molecule has 0 saturated heterocycles. The largest absolute Gasteiger partial charge is 0.261 e. The summed E-state index contributed by atoms with van der Waals surface area (Å²) in [5.74, 6) is 0. The Morgan fingerprint density at radius 3 is 2.22 bits per heavy atom. The van der Waals surface area contributed by atoms with E-state index in [-0.39, 0.29) is 0 Å². The maximum absolute atomic E-state index is 4.69. The molecule has 0 atom stereocenters. The molecule has 0 unspecified atom stereocenters. The van der Waals surface area contributed by atoms with Crippen LogP contribution in [0.2, 0.25) is 0 Å². The third-order valence-electron chi connectivity index (χ3n) is 3.95. The zero-order valence-electron chi connectivity index (χ0n) is 12.8. The topological polar surface area (TPSA) is 38.7 Å². The first-order valence-corrected chi connectivity index (χ1v) is 7.55. The lowest BCUT2D eigenvalue weighted by atomic mass is 10.0. The van der Waals surface area contributed by atoms with Gasteiger partial charge in [-0.1, -0.05) is 42.5 Å². The van der Waals surface area contributed by atoms with Crippen molar-refractivity contribution in [3.8, 4) is 22.4 Å². The molecule has 2 aromatic heterocycles. The molecule has 3 heteroatoms. The summed E-state index contributed by atoms with van der Waals surface area (Å²) in [5.41, 5.74) is 7.13. The molecular weight excluding hydrogens is 282 g/mol. The Balaban J connectivity index is 1.73. The zero-order valence-corrected chi connectivity index (χ0v) is 12.8. The van der Waals surface area contributed by atoms with Crippen LogP contribution in [0.4, 0.5) is 0 Å². The van der Waals surface area contributed by atoms with E-state index in [0.717, 1.165) is 39.1 Å². The molecule has 0 aliphatic rings. The van der Waals surface area contributed by atoms with Crippen molar-refractivity contribution in [2.75, 3.05) is 0 Å². The first-order chi connectivity index (χ1) is 11.3. The predicted octanol–water partition coefficient (Wildman–Crippen LogP) is 4.67. The Labute approximate surface area is 134 Å². The van der Waals surface area contributed by atoms with Crippen molar-refractivity contribution in [1.29, 1.82) is 0 Å². The van der Waals surface area contributed by atoms with Crippen molar-refractivity contribution in [1.82, 2.24) is 15.0 Å². The quantitative estimate of drug-likeness (QED) is 0.540. The third kappa shape index (κ3) is 2.57.